The number of nitrogens with zero attached hydrogens (tertiary/aromatic N) is 2. The first-order valence-electron chi connectivity index (χ1n) is 6.60. The van der Waals surface area contributed by atoms with Crippen LogP contribution in [0.25, 0.3) is 0 Å². The normalized spacial score (nSPS) is 26.1. The Kier molecular flexibility index (Phi) is 3.48. The van der Waals surface area contributed by atoms with Crippen molar-refractivity contribution in [2.75, 3.05) is 20.1 Å². The second kappa shape index (κ2) is 5.12. The lowest BCUT2D eigenvalue weighted by molar-refractivity contribution is 0.315. The topological polar surface area (TPSA) is 27.6 Å². The van der Waals surface area contributed by atoms with E-state index in [9.17, 15) is 4.39 Å². The zero-order valence-electron chi connectivity index (χ0n) is 10.9. The van der Waals surface area contributed by atoms with Gasteiger partial charge in [0.1, 0.15) is 5.82 Å². The molecule has 1 aliphatic carbocycles. The Balaban J connectivity index is 1.56. The average molecular weight is 326 g/mol. The van der Waals surface area contributed by atoms with Crippen molar-refractivity contribution in [3.05, 3.63) is 34.1 Å². The summed E-state index contributed by atoms with van der Waals surface area (Å²) in [7, 11) is 2.06. The molecule has 1 heterocycles. The molecule has 1 N–H and O–H groups in total. The van der Waals surface area contributed by atoms with Gasteiger partial charge in [-0.3, -0.25) is 4.99 Å². The third kappa shape index (κ3) is 2.61. The monoisotopic (exact) mass is 325 g/mol. The van der Waals surface area contributed by atoms with Crippen LogP contribution >= 0.6 is 15.9 Å². The van der Waals surface area contributed by atoms with Crippen LogP contribution in [0.2, 0.25) is 0 Å². The maximum Gasteiger partial charge on any atom is 0.194 e. The van der Waals surface area contributed by atoms with Crippen LogP contribution in [0.3, 0.4) is 0 Å². The molecular weight excluding hydrogens is 309 g/mol. The molecule has 5 heteroatoms. The summed E-state index contributed by atoms with van der Waals surface area (Å²) in [6, 6.07) is 5.82. The van der Waals surface area contributed by atoms with Gasteiger partial charge in [0.15, 0.2) is 5.96 Å². The summed E-state index contributed by atoms with van der Waals surface area (Å²) in [5.74, 6) is 1.35. The van der Waals surface area contributed by atoms with Crippen LogP contribution in [0.15, 0.2) is 27.7 Å². The van der Waals surface area contributed by atoms with Crippen molar-refractivity contribution in [2.24, 2.45) is 4.99 Å². The largest absolute Gasteiger partial charge is 0.353 e. The summed E-state index contributed by atoms with van der Waals surface area (Å²) in [6.45, 7) is 1.89. The lowest BCUT2D eigenvalue weighted by atomic mass is 9.76. The fourth-order valence-electron chi connectivity index (χ4n) is 2.65. The van der Waals surface area contributed by atoms with Gasteiger partial charge in [-0.15, -0.1) is 0 Å². The maximum absolute atomic E-state index is 13.2. The molecule has 3 rings (SSSR count). The summed E-state index contributed by atoms with van der Waals surface area (Å²) in [4.78, 5) is 6.59. The van der Waals surface area contributed by atoms with Crippen LogP contribution < -0.4 is 5.32 Å². The summed E-state index contributed by atoms with van der Waals surface area (Å²) in [5, 5.41) is 3.48. The highest BCUT2D eigenvalue weighted by atomic mass is 79.9. The molecule has 0 saturated heterocycles. The molecule has 1 saturated carbocycles. The lowest BCUT2D eigenvalue weighted by Crippen LogP contribution is -2.47. The second-order valence-electron chi connectivity index (χ2n) is 5.31. The van der Waals surface area contributed by atoms with Gasteiger partial charge in [0, 0.05) is 19.6 Å². The SMILES string of the molecule is CN1CCN=C1NC1CC(c2ccc(F)c(Br)c2)C1. The number of benzene rings is 1. The van der Waals surface area contributed by atoms with Gasteiger partial charge in [-0.25, -0.2) is 4.39 Å². The van der Waals surface area contributed by atoms with Crippen LogP contribution in [0.5, 0.6) is 0 Å². The first-order chi connectivity index (χ1) is 9.13. The molecule has 3 nitrogen and oxygen atoms in total. The molecule has 1 aliphatic heterocycles. The molecule has 1 aromatic carbocycles. The third-order valence-corrected chi connectivity index (χ3v) is 4.55. The predicted octanol–water partition coefficient (Wildman–Crippen LogP) is 2.73. The summed E-state index contributed by atoms with van der Waals surface area (Å²) in [6.07, 6.45) is 2.18. The third-order valence-electron chi connectivity index (χ3n) is 3.94. The highest BCUT2D eigenvalue weighted by molar-refractivity contribution is 9.10. The number of hydrogen-bond donors (Lipinski definition) is 1. The highest BCUT2D eigenvalue weighted by Crippen LogP contribution is 2.38. The Morgan fingerprint density at radius 3 is 2.84 bits per heavy atom. The van der Waals surface area contributed by atoms with Gasteiger partial charge < -0.3 is 10.2 Å². The van der Waals surface area contributed by atoms with Crippen molar-refractivity contribution in [3.63, 3.8) is 0 Å². The molecule has 0 amide bonds. The van der Waals surface area contributed by atoms with Crippen LogP contribution in [-0.2, 0) is 0 Å². The minimum atomic E-state index is -0.195. The van der Waals surface area contributed by atoms with E-state index in [4.69, 9.17) is 0 Å². The van der Waals surface area contributed by atoms with Gasteiger partial charge in [-0.2, -0.15) is 0 Å². The van der Waals surface area contributed by atoms with Crippen LogP contribution in [-0.4, -0.2) is 37.0 Å². The Morgan fingerprint density at radius 1 is 1.42 bits per heavy atom. The molecule has 0 atom stereocenters. The van der Waals surface area contributed by atoms with Gasteiger partial charge >= 0.3 is 0 Å². The fourth-order valence-corrected chi connectivity index (χ4v) is 3.04. The van der Waals surface area contributed by atoms with Crippen LogP contribution in [0.1, 0.15) is 24.3 Å². The number of guanidine groups is 1. The van der Waals surface area contributed by atoms with Crippen molar-refractivity contribution in [3.8, 4) is 0 Å². The van der Waals surface area contributed by atoms with Crippen molar-refractivity contribution in [2.45, 2.75) is 24.8 Å². The Morgan fingerprint density at radius 2 is 2.21 bits per heavy atom. The molecule has 0 bridgehead atoms. The number of aliphatic imine (C=N–C) groups is 1. The minimum absolute atomic E-state index is 0.195. The van der Waals surface area contributed by atoms with E-state index >= 15 is 0 Å². The fraction of sp³-hybridized carbons (Fsp3) is 0.500. The standard InChI is InChI=1S/C14H17BrFN3/c1-19-5-4-17-14(19)18-11-6-10(7-11)9-2-3-13(16)12(15)8-9/h2-3,8,10-11H,4-7H2,1H3,(H,17,18). The zero-order valence-corrected chi connectivity index (χ0v) is 12.5. The molecule has 0 radical (unpaired) electrons. The molecule has 0 aromatic heterocycles. The zero-order chi connectivity index (χ0) is 13.4. The second-order valence-corrected chi connectivity index (χ2v) is 6.16. The molecule has 1 fully saturated rings. The summed E-state index contributed by atoms with van der Waals surface area (Å²) < 4.78 is 13.8. The number of hydrogen-bond acceptors (Lipinski definition) is 3. The maximum atomic E-state index is 13.2. The van der Waals surface area contributed by atoms with Crippen molar-refractivity contribution in [1.29, 1.82) is 0 Å². The Hall–Kier alpha value is -1.10. The van der Waals surface area contributed by atoms with E-state index in [0.717, 1.165) is 31.9 Å². The first kappa shape index (κ1) is 12.9. The van der Waals surface area contributed by atoms with Gasteiger partial charge in [0.05, 0.1) is 11.0 Å². The molecule has 0 spiro atoms. The smallest absolute Gasteiger partial charge is 0.194 e. The quantitative estimate of drug-likeness (QED) is 0.905. The first-order valence-corrected chi connectivity index (χ1v) is 7.40. The Labute approximate surface area is 121 Å². The van der Waals surface area contributed by atoms with Crippen molar-refractivity contribution >= 4 is 21.9 Å². The Bertz CT molecular complexity index is 511. The van der Waals surface area contributed by atoms with E-state index in [0.29, 0.717) is 16.4 Å². The molecule has 0 unspecified atom stereocenters. The molecule has 1 aromatic rings. The molecular formula is C14H17BrFN3. The predicted molar refractivity (Wildman–Crippen MR) is 77.9 cm³/mol. The van der Waals surface area contributed by atoms with E-state index in [1.54, 1.807) is 0 Å². The van der Waals surface area contributed by atoms with E-state index in [1.165, 1.54) is 11.6 Å². The highest BCUT2D eigenvalue weighted by Gasteiger charge is 2.32. The average Bonchev–Trinajstić information content (AvgIpc) is 2.73. The summed E-state index contributed by atoms with van der Waals surface area (Å²) >= 11 is 3.25. The number of likely N-dealkylation sites (N-methyl/N-ethyl adjacent to an activating group) is 1. The van der Waals surface area contributed by atoms with Crippen LogP contribution in [0.4, 0.5) is 4.39 Å². The van der Waals surface area contributed by atoms with E-state index in [-0.39, 0.29) is 5.82 Å². The molecule has 19 heavy (non-hydrogen) atoms. The van der Waals surface area contributed by atoms with Gasteiger partial charge in [-0.05, 0) is 52.4 Å². The van der Waals surface area contributed by atoms with Crippen molar-refractivity contribution in [1.82, 2.24) is 10.2 Å². The lowest BCUT2D eigenvalue weighted by Gasteiger charge is -2.37. The van der Waals surface area contributed by atoms with Crippen LogP contribution in [0, 0.1) is 5.82 Å². The molecule has 102 valence electrons. The number of halogens is 2. The van der Waals surface area contributed by atoms with Gasteiger partial charge in [0.2, 0.25) is 0 Å². The van der Waals surface area contributed by atoms with E-state index in [1.807, 2.05) is 12.1 Å². The molecule has 2 aliphatic rings. The van der Waals surface area contributed by atoms with Gasteiger partial charge in [0.25, 0.3) is 0 Å². The number of rotatable bonds is 2. The van der Waals surface area contributed by atoms with E-state index < -0.39 is 0 Å². The van der Waals surface area contributed by atoms with E-state index in [2.05, 4.69) is 38.2 Å². The number of nitrogens with one attached hydrogen (secondary N) is 1. The van der Waals surface area contributed by atoms with Gasteiger partial charge in [-0.1, -0.05) is 6.07 Å². The summed E-state index contributed by atoms with van der Waals surface area (Å²) in [5.41, 5.74) is 1.22. The van der Waals surface area contributed by atoms with Crippen molar-refractivity contribution < 1.29 is 4.39 Å². The minimum Gasteiger partial charge on any atom is -0.353 e.